The van der Waals surface area contributed by atoms with E-state index in [1.807, 2.05) is 41.2 Å². The first-order valence-corrected chi connectivity index (χ1v) is 7.15. The molecule has 0 aliphatic carbocycles. The number of imidazole rings is 1. The van der Waals surface area contributed by atoms with Crippen molar-refractivity contribution in [2.24, 2.45) is 0 Å². The normalized spacial score (nSPS) is 14.0. The second kappa shape index (κ2) is 5.16. The lowest BCUT2D eigenvalue weighted by molar-refractivity contribution is 0.729. The van der Waals surface area contributed by atoms with Crippen LogP contribution < -0.4 is 16.2 Å². The summed E-state index contributed by atoms with van der Waals surface area (Å²) in [6.45, 7) is 2.84. The topological polar surface area (TPSA) is 66.3 Å². The number of para-hydroxylation sites is 1. The lowest BCUT2D eigenvalue weighted by atomic mass is 10.2. The van der Waals surface area contributed by atoms with Crippen LogP contribution >= 0.6 is 0 Å². The van der Waals surface area contributed by atoms with E-state index in [0.29, 0.717) is 0 Å². The molecule has 6 heteroatoms. The van der Waals surface area contributed by atoms with Crippen LogP contribution in [-0.2, 0) is 0 Å². The second-order valence-electron chi connectivity index (χ2n) is 5.22. The van der Waals surface area contributed by atoms with Crippen LogP contribution in [0.2, 0.25) is 0 Å². The monoisotopic (exact) mass is 292 g/mol. The van der Waals surface area contributed by atoms with Crippen molar-refractivity contribution < 1.29 is 0 Å². The molecule has 2 aromatic heterocycles. The minimum absolute atomic E-state index is 0.752. The van der Waals surface area contributed by atoms with Crippen LogP contribution in [0.4, 0.5) is 11.5 Å². The Morgan fingerprint density at radius 3 is 2.95 bits per heavy atom. The summed E-state index contributed by atoms with van der Waals surface area (Å²) in [6, 6.07) is 8.14. The number of hydrogen-bond acceptors (Lipinski definition) is 5. The zero-order valence-electron chi connectivity index (χ0n) is 12.2. The van der Waals surface area contributed by atoms with Gasteiger partial charge in [0, 0.05) is 36.4 Å². The highest BCUT2D eigenvalue weighted by molar-refractivity contribution is 5.75. The van der Waals surface area contributed by atoms with Crippen molar-refractivity contribution in [2.45, 2.75) is 6.92 Å². The second-order valence-corrected chi connectivity index (χ2v) is 5.22. The predicted octanol–water partition coefficient (Wildman–Crippen LogP) is 2.23. The number of aromatic nitrogens is 3. The Morgan fingerprint density at radius 1 is 1.23 bits per heavy atom. The van der Waals surface area contributed by atoms with Crippen molar-refractivity contribution in [1.29, 1.82) is 0 Å². The van der Waals surface area contributed by atoms with E-state index < -0.39 is 0 Å². The maximum Gasteiger partial charge on any atom is 0.180 e. The molecule has 0 amide bonds. The molecule has 3 aromatic rings. The SMILES string of the molecule is Cc1ccccc1Nc1nccn2c(C3=CNNC3)cnc12. The Balaban J connectivity index is 1.78. The third kappa shape index (κ3) is 2.10. The smallest absolute Gasteiger partial charge is 0.180 e. The molecule has 3 N–H and O–H groups in total. The fraction of sp³-hybridized carbons (Fsp3) is 0.125. The molecule has 1 aliphatic rings. The molecule has 0 atom stereocenters. The third-order valence-corrected chi connectivity index (χ3v) is 3.78. The van der Waals surface area contributed by atoms with Gasteiger partial charge in [-0.25, -0.2) is 15.4 Å². The lowest BCUT2D eigenvalue weighted by Crippen LogP contribution is -2.20. The van der Waals surface area contributed by atoms with E-state index in [0.717, 1.165) is 29.4 Å². The van der Waals surface area contributed by atoms with Gasteiger partial charge in [-0.05, 0) is 18.6 Å². The molecular formula is C16H16N6. The van der Waals surface area contributed by atoms with Gasteiger partial charge in [-0.3, -0.25) is 4.40 Å². The summed E-state index contributed by atoms with van der Waals surface area (Å²) >= 11 is 0. The Hall–Kier alpha value is -2.86. The minimum Gasteiger partial charge on any atom is -0.337 e. The quantitative estimate of drug-likeness (QED) is 0.691. The number of aryl methyl sites for hydroxylation is 1. The van der Waals surface area contributed by atoms with Crippen molar-refractivity contribution in [2.75, 3.05) is 11.9 Å². The van der Waals surface area contributed by atoms with E-state index in [9.17, 15) is 0 Å². The van der Waals surface area contributed by atoms with Crippen molar-refractivity contribution >= 4 is 22.7 Å². The summed E-state index contributed by atoms with van der Waals surface area (Å²) in [4.78, 5) is 8.97. The highest BCUT2D eigenvalue weighted by Gasteiger charge is 2.14. The van der Waals surface area contributed by atoms with E-state index in [1.54, 1.807) is 6.20 Å². The zero-order chi connectivity index (χ0) is 14.9. The molecule has 3 heterocycles. The van der Waals surface area contributed by atoms with E-state index in [2.05, 4.69) is 39.1 Å². The number of benzene rings is 1. The first kappa shape index (κ1) is 12.8. The molecule has 0 saturated heterocycles. The first-order chi connectivity index (χ1) is 10.8. The lowest BCUT2D eigenvalue weighted by Gasteiger charge is -2.09. The molecule has 4 rings (SSSR count). The Morgan fingerprint density at radius 2 is 2.14 bits per heavy atom. The van der Waals surface area contributed by atoms with Gasteiger partial charge in [0.05, 0.1) is 11.9 Å². The van der Waals surface area contributed by atoms with Gasteiger partial charge in [-0.2, -0.15) is 0 Å². The fourth-order valence-electron chi connectivity index (χ4n) is 2.59. The molecule has 0 fully saturated rings. The van der Waals surface area contributed by atoms with Crippen LogP contribution in [0, 0.1) is 6.92 Å². The molecule has 1 aromatic carbocycles. The molecule has 1 aliphatic heterocycles. The van der Waals surface area contributed by atoms with Gasteiger partial charge < -0.3 is 10.7 Å². The number of hydrazine groups is 1. The highest BCUT2D eigenvalue weighted by Crippen LogP contribution is 2.24. The molecule has 0 unspecified atom stereocenters. The molecular weight excluding hydrogens is 276 g/mol. The van der Waals surface area contributed by atoms with E-state index in [-0.39, 0.29) is 0 Å². The zero-order valence-corrected chi connectivity index (χ0v) is 12.2. The first-order valence-electron chi connectivity index (χ1n) is 7.15. The Kier molecular flexibility index (Phi) is 3.01. The Bertz CT molecular complexity index is 864. The van der Waals surface area contributed by atoms with Gasteiger partial charge in [0.25, 0.3) is 0 Å². The summed E-state index contributed by atoms with van der Waals surface area (Å²) in [5.74, 6) is 0.752. The molecule has 0 bridgehead atoms. The van der Waals surface area contributed by atoms with Crippen molar-refractivity contribution in [3.63, 3.8) is 0 Å². The average Bonchev–Trinajstić information content (AvgIpc) is 3.18. The van der Waals surface area contributed by atoms with Crippen LogP contribution in [0.15, 0.2) is 49.1 Å². The molecule has 0 radical (unpaired) electrons. The van der Waals surface area contributed by atoms with Crippen molar-refractivity contribution in [1.82, 2.24) is 25.2 Å². The number of nitrogens with one attached hydrogen (secondary N) is 3. The van der Waals surface area contributed by atoms with Crippen LogP contribution in [0.25, 0.3) is 11.2 Å². The Labute approximate surface area is 127 Å². The summed E-state index contributed by atoms with van der Waals surface area (Å²) in [5.41, 5.74) is 11.3. The summed E-state index contributed by atoms with van der Waals surface area (Å²) in [5, 5.41) is 3.37. The number of hydrogen-bond donors (Lipinski definition) is 3. The van der Waals surface area contributed by atoms with Crippen LogP contribution in [0.3, 0.4) is 0 Å². The van der Waals surface area contributed by atoms with Crippen molar-refractivity contribution in [3.8, 4) is 0 Å². The van der Waals surface area contributed by atoms with Gasteiger partial charge in [0.2, 0.25) is 0 Å². The third-order valence-electron chi connectivity index (χ3n) is 3.78. The van der Waals surface area contributed by atoms with E-state index in [4.69, 9.17) is 0 Å². The minimum atomic E-state index is 0.752. The van der Waals surface area contributed by atoms with E-state index >= 15 is 0 Å². The van der Waals surface area contributed by atoms with E-state index in [1.165, 1.54) is 11.1 Å². The molecule has 22 heavy (non-hydrogen) atoms. The largest absolute Gasteiger partial charge is 0.337 e. The predicted molar refractivity (Wildman–Crippen MR) is 86.6 cm³/mol. The summed E-state index contributed by atoms with van der Waals surface area (Å²) in [6.07, 6.45) is 7.55. The van der Waals surface area contributed by atoms with Gasteiger partial charge in [0.15, 0.2) is 11.5 Å². The summed E-state index contributed by atoms with van der Waals surface area (Å²) < 4.78 is 2.05. The standard InChI is InChI=1S/C16H16N6/c1-11-4-2-3-5-13(11)21-15-16-18-10-14(12-8-19-20-9-12)22(16)7-6-17-15/h2-8,10,19-20H,9H2,1H3,(H,17,21). The number of rotatable bonds is 3. The number of fused-ring (bicyclic) bond motifs is 1. The molecule has 110 valence electrons. The fourth-order valence-corrected chi connectivity index (χ4v) is 2.59. The molecule has 6 nitrogen and oxygen atoms in total. The highest BCUT2D eigenvalue weighted by atomic mass is 15.4. The molecule has 0 saturated carbocycles. The van der Waals surface area contributed by atoms with Crippen LogP contribution in [-0.4, -0.2) is 20.9 Å². The summed E-state index contributed by atoms with van der Waals surface area (Å²) in [7, 11) is 0. The maximum absolute atomic E-state index is 4.53. The number of anilines is 2. The van der Waals surface area contributed by atoms with Crippen molar-refractivity contribution in [3.05, 3.63) is 60.3 Å². The van der Waals surface area contributed by atoms with Crippen LogP contribution in [0.1, 0.15) is 11.3 Å². The van der Waals surface area contributed by atoms with Gasteiger partial charge in [-0.15, -0.1) is 0 Å². The average molecular weight is 292 g/mol. The van der Waals surface area contributed by atoms with Gasteiger partial charge in [0.1, 0.15) is 0 Å². The molecule has 0 spiro atoms. The van der Waals surface area contributed by atoms with Gasteiger partial charge >= 0.3 is 0 Å². The number of nitrogens with zero attached hydrogens (tertiary/aromatic N) is 3. The van der Waals surface area contributed by atoms with Crippen LogP contribution in [0.5, 0.6) is 0 Å². The maximum atomic E-state index is 4.53. The van der Waals surface area contributed by atoms with Gasteiger partial charge in [-0.1, -0.05) is 18.2 Å².